The van der Waals surface area contributed by atoms with Gasteiger partial charge in [0, 0.05) is 21.3 Å². The summed E-state index contributed by atoms with van der Waals surface area (Å²) >= 11 is 12.4. The zero-order valence-electron chi connectivity index (χ0n) is 17.9. The average Bonchev–Trinajstić information content (AvgIpc) is 2.77. The van der Waals surface area contributed by atoms with Crippen molar-refractivity contribution in [2.45, 2.75) is 25.6 Å². The predicted octanol–water partition coefficient (Wildman–Crippen LogP) is 5.94. The number of halogens is 2. The number of rotatable bonds is 3. The lowest BCUT2D eigenvalue weighted by molar-refractivity contribution is -0.131. The molecule has 0 radical (unpaired) electrons. The van der Waals surface area contributed by atoms with Crippen LogP contribution in [0.25, 0.3) is 0 Å². The van der Waals surface area contributed by atoms with Crippen LogP contribution in [0.4, 0.5) is 16.2 Å². The molecule has 0 aromatic heterocycles. The van der Waals surface area contributed by atoms with Gasteiger partial charge in [-0.05, 0) is 61.9 Å². The number of ether oxygens (including phenoxy) is 1. The van der Waals surface area contributed by atoms with Crippen molar-refractivity contribution in [2.24, 2.45) is 5.92 Å². The van der Waals surface area contributed by atoms with Gasteiger partial charge in [0.25, 0.3) is 0 Å². The monoisotopic (exact) mass is 481 g/mol. The van der Waals surface area contributed by atoms with E-state index in [4.69, 9.17) is 27.9 Å². The lowest BCUT2D eigenvalue weighted by Crippen LogP contribution is -2.72. The van der Waals surface area contributed by atoms with Crippen LogP contribution in [0.5, 0.6) is 5.75 Å². The predicted molar refractivity (Wildman–Crippen MR) is 129 cm³/mol. The first kappa shape index (κ1) is 21.6. The van der Waals surface area contributed by atoms with Gasteiger partial charge in [0.1, 0.15) is 11.7 Å². The van der Waals surface area contributed by atoms with Crippen molar-refractivity contribution in [1.82, 2.24) is 5.32 Å². The molecule has 0 spiro atoms. The van der Waals surface area contributed by atoms with Gasteiger partial charge in [0.2, 0.25) is 11.6 Å². The second-order valence-corrected chi connectivity index (χ2v) is 9.21. The number of hydrogen-bond donors (Lipinski definition) is 2. The number of para-hydroxylation sites is 1. The van der Waals surface area contributed by atoms with Crippen molar-refractivity contribution < 1.29 is 14.3 Å². The van der Waals surface area contributed by atoms with Crippen LogP contribution in [0.1, 0.15) is 24.1 Å². The van der Waals surface area contributed by atoms with Crippen LogP contribution >= 0.6 is 23.2 Å². The summed E-state index contributed by atoms with van der Waals surface area (Å²) in [7, 11) is 0. The van der Waals surface area contributed by atoms with Crippen LogP contribution in [0.3, 0.4) is 0 Å². The van der Waals surface area contributed by atoms with E-state index in [-0.39, 0.29) is 11.9 Å². The molecular weight excluding hydrogens is 461 g/mol. The lowest BCUT2D eigenvalue weighted by Gasteiger charge is -2.54. The number of fused-ring (bicyclic) bond motifs is 4. The molecule has 0 unspecified atom stereocenters. The number of anilines is 2. The Bertz CT molecular complexity index is 1260. The fourth-order valence-corrected chi connectivity index (χ4v) is 4.89. The van der Waals surface area contributed by atoms with E-state index >= 15 is 0 Å². The van der Waals surface area contributed by atoms with E-state index in [0.717, 1.165) is 11.1 Å². The summed E-state index contributed by atoms with van der Waals surface area (Å²) in [6, 6.07) is 18.7. The van der Waals surface area contributed by atoms with Crippen molar-refractivity contribution in [1.29, 1.82) is 0 Å². The van der Waals surface area contributed by atoms with Crippen LogP contribution in [0, 0.1) is 12.8 Å². The third-order valence-electron chi connectivity index (χ3n) is 6.21. The molecule has 3 amide bonds. The molecule has 3 aromatic carbocycles. The first-order valence-electron chi connectivity index (χ1n) is 10.5. The van der Waals surface area contributed by atoms with Crippen LogP contribution in [-0.2, 0) is 4.79 Å². The summed E-state index contributed by atoms with van der Waals surface area (Å²) in [4.78, 5) is 28.5. The van der Waals surface area contributed by atoms with Crippen molar-refractivity contribution >= 4 is 46.5 Å². The lowest BCUT2D eigenvalue weighted by atomic mass is 9.78. The minimum Gasteiger partial charge on any atom is -0.466 e. The Kier molecular flexibility index (Phi) is 5.22. The Morgan fingerprint density at radius 3 is 2.55 bits per heavy atom. The zero-order chi connectivity index (χ0) is 23.3. The van der Waals surface area contributed by atoms with Crippen molar-refractivity contribution in [3.63, 3.8) is 0 Å². The smallest absolute Gasteiger partial charge is 0.325 e. The fourth-order valence-electron chi connectivity index (χ4n) is 4.59. The zero-order valence-corrected chi connectivity index (χ0v) is 19.4. The molecule has 2 heterocycles. The second kappa shape index (κ2) is 7.97. The van der Waals surface area contributed by atoms with Crippen LogP contribution < -0.4 is 20.3 Å². The highest BCUT2D eigenvalue weighted by atomic mass is 35.5. The van der Waals surface area contributed by atoms with E-state index in [2.05, 4.69) is 10.6 Å². The molecule has 1 saturated heterocycles. The molecule has 2 N–H and O–H groups in total. The summed E-state index contributed by atoms with van der Waals surface area (Å²) in [5.41, 5.74) is 1.46. The van der Waals surface area contributed by atoms with Gasteiger partial charge in [-0.15, -0.1) is 0 Å². The highest BCUT2D eigenvalue weighted by Gasteiger charge is 2.60. The number of nitrogens with one attached hydrogen (secondary N) is 2. The van der Waals surface area contributed by atoms with E-state index in [9.17, 15) is 9.59 Å². The molecule has 33 heavy (non-hydrogen) atoms. The highest BCUT2D eigenvalue weighted by Crippen LogP contribution is 2.49. The Labute approximate surface area is 201 Å². The van der Waals surface area contributed by atoms with Gasteiger partial charge in [-0.3, -0.25) is 9.69 Å². The third kappa shape index (κ3) is 3.59. The molecular formula is C25H21Cl2N3O3. The summed E-state index contributed by atoms with van der Waals surface area (Å²) in [5, 5.41) is 7.06. The molecule has 2 bridgehead atoms. The van der Waals surface area contributed by atoms with Gasteiger partial charge in [-0.1, -0.05) is 47.5 Å². The van der Waals surface area contributed by atoms with E-state index in [0.29, 0.717) is 27.2 Å². The Hall–Kier alpha value is -3.22. The van der Waals surface area contributed by atoms with Crippen molar-refractivity contribution in [3.8, 4) is 5.75 Å². The van der Waals surface area contributed by atoms with Gasteiger partial charge in [-0.2, -0.15) is 0 Å². The minimum atomic E-state index is -1.31. The molecule has 3 atom stereocenters. The Morgan fingerprint density at radius 1 is 1.09 bits per heavy atom. The third-order valence-corrected chi connectivity index (χ3v) is 6.87. The van der Waals surface area contributed by atoms with E-state index in [1.807, 2.05) is 37.3 Å². The SMILES string of the molecule is Cc1ccc(N2C(=O)N[C@H]3c4ccccc4O[C@@]2(C)[C@@H]3C(=O)Nc2ccc(Cl)cc2)cc1Cl. The maximum atomic E-state index is 13.7. The van der Waals surface area contributed by atoms with E-state index in [1.54, 1.807) is 43.3 Å². The van der Waals surface area contributed by atoms with E-state index in [1.165, 1.54) is 4.90 Å². The van der Waals surface area contributed by atoms with Crippen molar-refractivity contribution in [2.75, 3.05) is 10.2 Å². The summed E-state index contributed by atoms with van der Waals surface area (Å²) in [6.45, 7) is 3.64. The number of nitrogens with zero attached hydrogens (tertiary/aromatic N) is 1. The average molecular weight is 482 g/mol. The maximum Gasteiger partial charge on any atom is 0.325 e. The number of hydrogen-bond acceptors (Lipinski definition) is 3. The number of amides is 3. The molecule has 5 rings (SSSR count). The molecule has 2 aliphatic heterocycles. The maximum absolute atomic E-state index is 13.7. The van der Waals surface area contributed by atoms with Gasteiger partial charge in [0.15, 0.2) is 0 Å². The van der Waals surface area contributed by atoms with Gasteiger partial charge < -0.3 is 15.4 Å². The summed E-state index contributed by atoms with van der Waals surface area (Å²) in [5.74, 6) is -0.438. The van der Waals surface area contributed by atoms with Gasteiger partial charge >= 0.3 is 6.03 Å². The molecule has 3 aromatic rings. The van der Waals surface area contributed by atoms with Crippen LogP contribution in [-0.4, -0.2) is 17.7 Å². The first-order valence-corrected chi connectivity index (χ1v) is 11.2. The van der Waals surface area contributed by atoms with Gasteiger partial charge in [-0.25, -0.2) is 4.79 Å². The van der Waals surface area contributed by atoms with Crippen LogP contribution in [0.2, 0.25) is 10.0 Å². The molecule has 0 aliphatic carbocycles. The van der Waals surface area contributed by atoms with Crippen LogP contribution in [0.15, 0.2) is 66.7 Å². The number of carbonyl (C=O) groups excluding carboxylic acids is 2. The standard InChI is InChI=1S/C25H21Cl2N3O3/c1-14-7-12-17(13-19(14)27)30-24(32)29-22-18-5-3-4-6-20(18)33-25(30,2)21(22)23(31)28-16-10-8-15(26)9-11-16/h3-13,21-22H,1-2H3,(H,28,31)(H,29,32)/t21-,22-,25-/m0/s1. The topological polar surface area (TPSA) is 70.7 Å². The second-order valence-electron chi connectivity index (χ2n) is 8.36. The number of benzene rings is 3. The fraction of sp³-hybridized carbons (Fsp3) is 0.200. The number of aryl methyl sites for hydroxylation is 1. The Morgan fingerprint density at radius 2 is 1.82 bits per heavy atom. The molecule has 168 valence electrons. The summed E-state index contributed by atoms with van der Waals surface area (Å²) in [6.07, 6.45) is 0. The first-order chi connectivity index (χ1) is 15.8. The molecule has 2 aliphatic rings. The number of carbonyl (C=O) groups is 2. The van der Waals surface area contributed by atoms with Gasteiger partial charge in [0.05, 0.1) is 11.7 Å². The Balaban J connectivity index is 1.61. The van der Waals surface area contributed by atoms with E-state index < -0.39 is 17.7 Å². The molecule has 8 heteroatoms. The molecule has 6 nitrogen and oxygen atoms in total. The largest absolute Gasteiger partial charge is 0.466 e. The number of urea groups is 1. The molecule has 1 fully saturated rings. The molecule has 0 saturated carbocycles. The highest BCUT2D eigenvalue weighted by molar-refractivity contribution is 6.31. The van der Waals surface area contributed by atoms with Crippen molar-refractivity contribution in [3.05, 3.63) is 87.9 Å². The minimum absolute atomic E-state index is 0.289. The summed E-state index contributed by atoms with van der Waals surface area (Å²) < 4.78 is 6.43. The quantitative estimate of drug-likeness (QED) is 0.486. The normalized spacial score (nSPS) is 23.3.